The van der Waals surface area contributed by atoms with Crippen LogP contribution in [0.4, 0.5) is 5.69 Å². The van der Waals surface area contributed by atoms with Crippen LogP contribution in [-0.4, -0.2) is 23.6 Å². The van der Waals surface area contributed by atoms with E-state index in [1.807, 2.05) is 59.6 Å². The summed E-state index contributed by atoms with van der Waals surface area (Å²) in [5.74, 6) is 0.0565. The third-order valence-corrected chi connectivity index (χ3v) is 5.37. The van der Waals surface area contributed by atoms with Gasteiger partial charge >= 0.3 is 0 Å². The number of halogens is 1. The zero-order valence-corrected chi connectivity index (χ0v) is 16.7. The Labute approximate surface area is 170 Å². The molecule has 1 aliphatic heterocycles. The molecule has 3 aromatic rings. The number of benzene rings is 2. The third-order valence-electron chi connectivity index (χ3n) is 5.14. The number of hydrogen-bond donors (Lipinski definition) is 1. The minimum atomic E-state index is -0.218. The van der Waals surface area contributed by atoms with Crippen molar-refractivity contribution in [1.29, 1.82) is 0 Å². The Morgan fingerprint density at radius 3 is 2.68 bits per heavy atom. The number of rotatable bonds is 6. The number of nitrogens with one attached hydrogen (secondary N) is 1. The Kier molecular flexibility index (Phi) is 5.51. The van der Waals surface area contributed by atoms with Crippen LogP contribution in [0.5, 0.6) is 0 Å². The van der Waals surface area contributed by atoms with Crippen molar-refractivity contribution in [2.75, 3.05) is 18.0 Å². The molecule has 28 heavy (non-hydrogen) atoms. The zero-order chi connectivity index (χ0) is 19.5. The first-order valence-corrected chi connectivity index (χ1v) is 10.1. The van der Waals surface area contributed by atoms with Gasteiger partial charge in [0.05, 0.1) is 23.6 Å². The molecule has 1 N–H and O–H groups in total. The molecule has 0 spiro atoms. The average Bonchev–Trinajstić information content (AvgIpc) is 3.20. The summed E-state index contributed by atoms with van der Waals surface area (Å²) in [6.07, 6.45) is 4.21. The van der Waals surface area contributed by atoms with E-state index in [4.69, 9.17) is 11.6 Å². The highest BCUT2D eigenvalue weighted by Crippen LogP contribution is 2.42. The fourth-order valence-corrected chi connectivity index (χ4v) is 4.04. The number of fused-ring (bicyclic) bond motifs is 3. The number of amides is 1. The van der Waals surface area contributed by atoms with Crippen LogP contribution < -0.4 is 10.2 Å². The SMILES string of the molecule is CCCCNCC(=O)N1c2ccccc2-n2cccc2[C@H]1c1cccc(Cl)c1. The minimum Gasteiger partial charge on any atom is -0.316 e. The molecule has 0 saturated heterocycles. The molecule has 4 rings (SSSR count). The molecule has 0 fully saturated rings. The number of carbonyl (C=O) groups excluding carboxylic acids is 1. The van der Waals surface area contributed by atoms with Crippen LogP contribution >= 0.6 is 11.6 Å². The molecule has 0 bridgehead atoms. The van der Waals surface area contributed by atoms with Crippen molar-refractivity contribution in [2.45, 2.75) is 25.8 Å². The second-order valence-electron chi connectivity index (χ2n) is 7.04. The van der Waals surface area contributed by atoms with Crippen LogP contribution in [0.3, 0.4) is 0 Å². The molecular weight excluding hydrogens is 370 g/mol. The Hall–Kier alpha value is -2.56. The fraction of sp³-hybridized carbons (Fsp3) is 0.261. The third kappa shape index (κ3) is 3.46. The second kappa shape index (κ2) is 8.21. The lowest BCUT2D eigenvalue weighted by atomic mass is 9.97. The van der Waals surface area contributed by atoms with Crippen LogP contribution in [0.15, 0.2) is 66.9 Å². The van der Waals surface area contributed by atoms with Crippen molar-refractivity contribution in [3.05, 3.63) is 83.1 Å². The van der Waals surface area contributed by atoms with Gasteiger partial charge in [0.2, 0.25) is 5.91 Å². The maximum absolute atomic E-state index is 13.3. The van der Waals surface area contributed by atoms with Crippen LogP contribution in [0, 0.1) is 0 Å². The van der Waals surface area contributed by atoms with E-state index in [0.717, 1.165) is 42.0 Å². The molecular formula is C23H24ClN3O. The first-order chi connectivity index (χ1) is 13.7. The standard InChI is InChI=1S/C23H24ClN3O/c1-2-3-13-25-16-22(28)27-20-11-5-4-10-19(20)26-14-7-12-21(26)23(27)17-8-6-9-18(24)15-17/h4-12,14-15,23,25H,2-3,13,16H2,1H3/t23-/m1/s1. The van der Waals surface area contributed by atoms with Crippen molar-refractivity contribution in [1.82, 2.24) is 9.88 Å². The number of unbranched alkanes of at least 4 members (excludes halogenated alkanes) is 1. The number of anilines is 1. The largest absolute Gasteiger partial charge is 0.316 e. The number of aromatic nitrogens is 1. The predicted octanol–water partition coefficient (Wildman–Crippen LogP) is 4.96. The zero-order valence-electron chi connectivity index (χ0n) is 15.9. The summed E-state index contributed by atoms with van der Waals surface area (Å²) in [6.45, 7) is 3.30. The van der Waals surface area contributed by atoms with Crippen molar-refractivity contribution < 1.29 is 4.79 Å². The van der Waals surface area contributed by atoms with E-state index >= 15 is 0 Å². The second-order valence-corrected chi connectivity index (χ2v) is 7.48. The van der Waals surface area contributed by atoms with Crippen LogP contribution in [-0.2, 0) is 4.79 Å². The molecule has 144 valence electrons. The number of nitrogens with zero attached hydrogens (tertiary/aromatic N) is 2. The van der Waals surface area contributed by atoms with Crippen molar-refractivity contribution in [3.8, 4) is 5.69 Å². The first-order valence-electron chi connectivity index (χ1n) is 9.75. The lowest BCUT2D eigenvalue weighted by Gasteiger charge is -2.38. The fourth-order valence-electron chi connectivity index (χ4n) is 3.84. The molecule has 0 saturated carbocycles. The Morgan fingerprint density at radius 2 is 1.89 bits per heavy atom. The van der Waals surface area contributed by atoms with E-state index in [1.165, 1.54) is 0 Å². The Balaban J connectivity index is 1.79. The number of para-hydroxylation sites is 2. The maximum Gasteiger partial charge on any atom is 0.241 e. The smallest absolute Gasteiger partial charge is 0.241 e. The van der Waals surface area contributed by atoms with Gasteiger partial charge in [0.15, 0.2) is 0 Å². The van der Waals surface area contributed by atoms with E-state index in [0.29, 0.717) is 11.6 Å². The molecule has 0 unspecified atom stereocenters. The van der Waals surface area contributed by atoms with Gasteiger partial charge in [-0.3, -0.25) is 9.69 Å². The topological polar surface area (TPSA) is 37.3 Å². The predicted molar refractivity (Wildman–Crippen MR) is 114 cm³/mol. The Bertz CT molecular complexity index is 981. The van der Waals surface area contributed by atoms with Crippen LogP contribution in [0.1, 0.15) is 37.1 Å². The number of carbonyl (C=O) groups is 1. The van der Waals surface area contributed by atoms with Gasteiger partial charge in [-0.25, -0.2) is 0 Å². The summed E-state index contributed by atoms with van der Waals surface area (Å²) < 4.78 is 2.16. The van der Waals surface area contributed by atoms with Gasteiger partial charge in [0.25, 0.3) is 0 Å². The molecule has 1 aliphatic rings. The van der Waals surface area contributed by atoms with E-state index < -0.39 is 0 Å². The van der Waals surface area contributed by atoms with E-state index in [-0.39, 0.29) is 11.9 Å². The molecule has 5 heteroatoms. The maximum atomic E-state index is 13.3. The highest BCUT2D eigenvalue weighted by molar-refractivity contribution is 6.30. The first kappa shape index (κ1) is 18.8. The van der Waals surface area contributed by atoms with Gasteiger partial charge in [-0.05, 0) is 54.9 Å². The van der Waals surface area contributed by atoms with Gasteiger partial charge in [0, 0.05) is 11.2 Å². The van der Waals surface area contributed by atoms with Gasteiger partial charge in [-0.2, -0.15) is 0 Å². The Morgan fingerprint density at radius 1 is 1.07 bits per heavy atom. The monoisotopic (exact) mass is 393 g/mol. The minimum absolute atomic E-state index is 0.0565. The molecule has 4 nitrogen and oxygen atoms in total. The van der Waals surface area contributed by atoms with E-state index in [9.17, 15) is 4.79 Å². The van der Waals surface area contributed by atoms with Gasteiger partial charge in [-0.1, -0.05) is 49.2 Å². The summed E-state index contributed by atoms with van der Waals surface area (Å²) in [6, 6.07) is 19.7. The van der Waals surface area contributed by atoms with Crippen LogP contribution in [0.2, 0.25) is 5.02 Å². The molecule has 1 amide bonds. The summed E-state index contributed by atoms with van der Waals surface area (Å²) in [4.78, 5) is 15.3. The molecule has 2 aromatic carbocycles. The van der Waals surface area contributed by atoms with Gasteiger partial charge in [0.1, 0.15) is 6.04 Å². The van der Waals surface area contributed by atoms with Crippen molar-refractivity contribution in [3.63, 3.8) is 0 Å². The summed E-state index contributed by atoms with van der Waals surface area (Å²) >= 11 is 6.29. The quantitative estimate of drug-likeness (QED) is 0.601. The highest BCUT2D eigenvalue weighted by Gasteiger charge is 2.35. The van der Waals surface area contributed by atoms with Crippen LogP contribution in [0.25, 0.3) is 5.69 Å². The molecule has 1 atom stereocenters. The summed E-state index contributed by atoms with van der Waals surface area (Å²) in [5.41, 5.74) is 3.99. The molecule has 0 aliphatic carbocycles. The van der Waals surface area contributed by atoms with Gasteiger partial charge < -0.3 is 9.88 Å². The van der Waals surface area contributed by atoms with E-state index in [2.05, 4.69) is 28.9 Å². The van der Waals surface area contributed by atoms with Crippen molar-refractivity contribution >= 4 is 23.2 Å². The lowest BCUT2D eigenvalue weighted by Crippen LogP contribution is -2.44. The van der Waals surface area contributed by atoms with Gasteiger partial charge in [-0.15, -0.1) is 0 Å². The molecule has 1 aromatic heterocycles. The normalized spacial score (nSPS) is 15.2. The highest BCUT2D eigenvalue weighted by atomic mass is 35.5. The molecule has 0 radical (unpaired) electrons. The summed E-state index contributed by atoms with van der Waals surface area (Å²) in [5, 5.41) is 3.96. The average molecular weight is 394 g/mol. The summed E-state index contributed by atoms with van der Waals surface area (Å²) in [7, 11) is 0. The lowest BCUT2D eigenvalue weighted by molar-refractivity contribution is -0.118. The van der Waals surface area contributed by atoms with Crippen molar-refractivity contribution in [2.24, 2.45) is 0 Å². The molecule has 2 heterocycles. The number of hydrogen-bond acceptors (Lipinski definition) is 2. The van der Waals surface area contributed by atoms with E-state index in [1.54, 1.807) is 0 Å².